The monoisotopic (exact) mass is 610 g/mol. The maximum absolute atomic E-state index is 13.8. The lowest BCUT2D eigenvalue weighted by Crippen LogP contribution is -2.53. The van der Waals surface area contributed by atoms with Gasteiger partial charge in [0.1, 0.15) is 11.8 Å². The van der Waals surface area contributed by atoms with Crippen LogP contribution < -0.4 is 10.1 Å². The lowest BCUT2D eigenvalue weighted by Gasteiger charge is -2.33. The number of amides is 2. The largest absolute Gasteiger partial charge is 0.483 e. The molecule has 0 saturated heterocycles. The zero-order valence-corrected chi connectivity index (χ0v) is 24.7. The first-order chi connectivity index (χ1) is 18.9. The molecule has 0 radical (unpaired) electrons. The van der Waals surface area contributed by atoms with Gasteiger partial charge in [-0.3, -0.25) is 9.59 Å². The highest BCUT2D eigenvalue weighted by Gasteiger charge is 2.32. The molecule has 5 nitrogen and oxygen atoms in total. The zero-order valence-electron chi connectivity index (χ0n) is 22.4. The summed E-state index contributed by atoms with van der Waals surface area (Å²) in [5, 5.41) is 3.85. The van der Waals surface area contributed by atoms with E-state index in [1.807, 2.05) is 66.7 Å². The summed E-state index contributed by atoms with van der Waals surface area (Å²) in [5.41, 5.74) is 3.02. The molecular formula is C32H36BrClN2O3. The molecule has 1 fully saturated rings. The number of nitrogens with one attached hydrogen (secondary N) is 1. The van der Waals surface area contributed by atoms with Gasteiger partial charge in [0.05, 0.1) is 4.47 Å². The van der Waals surface area contributed by atoms with Gasteiger partial charge in [-0.15, -0.1) is 0 Å². The number of benzene rings is 3. The third-order valence-corrected chi connectivity index (χ3v) is 8.08. The summed E-state index contributed by atoms with van der Waals surface area (Å²) in [6.45, 7) is 2.14. The molecule has 7 heteroatoms. The molecule has 0 aromatic heterocycles. The number of hydrogen-bond acceptors (Lipinski definition) is 3. The number of aryl methyl sites for hydroxylation is 1. The summed E-state index contributed by atoms with van der Waals surface area (Å²) in [6.07, 6.45) is 6.67. The van der Waals surface area contributed by atoms with E-state index in [0.717, 1.165) is 47.7 Å². The highest BCUT2D eigenvalue weighted by atomic mass is 79.9. The van der Waals surface area contributed by atoms with Crippen LogP contribution in [0, 0.1) is 0 Å². The minimum absolute atomic E-state index is 0.130. The number of halogens is 2. The Morgan fingerprint density at radius 3 is 2.41 bits per heavy atom. The smallest absolute Gasteiger partial charge is 0.261 e. The maximum atomic E-state index is 13.8. The van der Waals surface area contributed by atoms with Crippen LogP contribution in [0.15, 0.2) is 77.3 Å². The molecule has 1 atom stereocenters. The molecule has 3 aromatic rings. The average molecular weight is 612 g/mol. The van der Waals surface area contributed by atoms with E-state index in [4.69, 9.17) is 16.3 Å². The Morgan fingerprint density at radius 1 is 0.974 bits per heavy atom. The first kappa shape index (κ1) is 29.2. The van der Waals surface area contributed by atoms with Gasteiger partial charge in [-0.1, -0.05) is 86.3 Å². The molecule has 39 heavy (non-hydrogen) atoms. The minimum atomic E-state index is -0.699. The van der Waals surface area contributed by atoms with Crippen LogP contribution in [0.1, 0.15) is 55.7 Å². The van der Waals surface area contributed by atoms with Crippen molar-refractivity contribution in [3.05, 3.63) is 99.0 Å². The summed E-state index contributed by atoms with van der Waals surface area (Å²) < 4.78 is 6.77. The van der Waals surface area contributed by atoms with Crippen LogP contribution in [-0.4, -0.2) is 35.4 Å². The van der Waals surface area contributed by atoms with E-state index in [-0.39, 0.29) is 31.0 Å². The Bertz CT molecular complexity index is 1250. The molecule has 0 heterocycles. The summed E-state index contributed by atoms with van der Waals surface area (Å²) in [5.74, 6) is 0.199. The molecule has 1 N–H and O–H groups in total. The van der Waals surface area contributed by atoms with Gasteiger partial charge in [0.25, 0.3) is 5.91 Å². The van der Waals surface area contributed by atoms with Gasteiger partial charge in [0, 0.05) is 24.0 Å². The Labute approximate surface area is 245 Å². The molecule has 1 saturated carbocycles. The van der Waals surface area contributed by atoms with E-state index >= 15 is 0 Å². The molecule has 206 valence electrons. The van der Waals surface area contributed by atoms with Crippen molar-refractivity contribution in [1.29, 1.82) is 0 Å². The molecular weight excluding hydrogens is 576 g/mol. The number of rotatable bonds is 11. The van der Waals surface area contributed by atoms with Crippen LogP contribution in [0.3, 0.4) is 0 Å². The Hall–Kier alpha value is -2.83. The van der Waals surface area contributed by atoms with Crippen molar-refractivity contribution in [1.82, 2.24) is 10.2 Å². The van der Waals surface area contributed by atoms with Crippen molar-refractivity contribution in [3.63, 3.8) is 0 Å². The van der Waals surface area contributed by atoms with Gasteiger partial charge in [-0.2, -0.15) is 0 Å². The number of carbonyl (C=O) groups excluding carboxylic acids is 2. The lowest BCUT2D eigenvalue weighted by atomic mass is 9.94. The maximum Gasteiger partial charge on any atom is 0.261 e. The van der Waals surface area contributed by atoms with E-state index < -0.39 is 6.04 Å². The summed E-state index contributed by atoms with van der Waals surface area (Å²) in [4.78, 5) is 29.3. The van der Waals surface area contributed by atoms with Gasteiger partial charge in [-0.05, 0) is 76.1 Å². The van der Waals surface area contributed by atoms with E-state index in [0.29, 0.717) is 17.2 Å². The fourth-order valence-electron chi connectivity index (χ4n) is 5.03. The summed E-state index contributed by atoms with van der Waals surface area (Å²) in [6, 6.07) is 22.6. The minimum Gasteiger partial charge on any atom is -0.483 e. The fourth-order valence-corrected chi connectivity index (χ4v) is 5.79. The molecule has 0 spiro atoms. The second-order valence-corrected chi connectivity index (χ2v) is 11.4. The number of nitrogens with zero attached hydrogens (tertiary/aromatic N) is 1. The lowest BCUT2D eigenvalue weighted by molar-refractivity contribution is -0.143. The second-order valence-electron chi connectivity index (χ2n) is 10.1. The second kappa shape index (κ2) is 14.5. The number of ether oxygens (including phenoxy) is 1. The van der Waals surface area contributed by atoms with Crippen LogP contribution in [-0.2, 0) is 29.0 Å². The molecule has 1 aliphatic rings. The fraction of sp³-hybridized carbons (Fsp3) is 0.375. The first-order valence-electron chi connectivity index (χ1n) is 13.7. The van der Waals surface area contributed by atoms with Crippen LogP contribution in [0.2, 0.25) is 5.02 Å². The highest BCUT2D eigenvalue weighted by molar-refractivity contribution is 9.10. The molecule has 0 unspecified atom stereocenters. The number of hydrogen-bond donors (Lipinski definition) is 1. The van der Waals surface area contributed by atoms with Crippen LogP contribution in [0.5, 0.6) is 5.75 Å². The third kappa shape index (κ3) is 8.58. The van der Waals surface area contributed by atoms with Gasteiger partial charge in [0.2, 0.25) is 5.91 Å². The standard InChI is InChI=1S/C32H36BrClN2O3/c1-2-23-16-17-30(28(33)19-23)39-22-31(37)36(21-25-12-9-13-26(34)18-25)29(20-24-10-5-3-6-11-24)32(38)35-27-14-7-4-8-15-27/h3,5-6,9-13,16-19,27,29H,2,4,7-8,14-15,20-22H2,1H3,(H,35,38)/t29-/m0/s1. The van der Waals surface area contributed by atoms with Crippen LogP contribution >= 0.6 is 27.5 Å². The van der Waals surface area contributed by atoms with E-state index in [2.05, 4.69) is 28.2 Å². The Balaban J connectivity index is 1.61. The predicted octanol–water partition coefficient (Wildman–Crippen LogP) is 7.13. The van der Waals surface area contributed by atoms with Crippen molar-refractivity contribution in [2.75, 3.05) is 6.61 Å². The first-order valence-corrected chi connectivity index (χ1v) is 14.9. The van der Waals surface area contributed by atoms with Crippen molar-refractivity contribution in [3.8, 4) is 5.75 Å². The normalized spacial score (nSPS) is 14.4. The van der Waals surface area contributed by atoms with E-state index in [1.54, 1.807) is 11.0 Å². The molecule has 3 aromatic carbocycles. The summed E-state index contributed by atoms with van der Waals surface area (Å²) >= 11 is 9.84. The number of carbonyl (C=O) groups is 2. The van der Waals surface area contributed by atoms with E-state index in [1.165, 1.54) is 12.0 Å². The van der Waals surface area contributed by atoms with Crippen LogP contribution in [0.25, 0.3) is 0 Å². The zero-order chi connectivity index (χ0) is 27.6. The third-order valence-electron chi connectivity index (χ3n) is 7.22. The topological polar surface area (TPSA) is 58.6 Å². The summed E-state index contributed by atoms with van der Waals surface area (Å²) in [7, 11) is 0. The van der Waals surface area contributed by atoms with Crippen molar-refractivity contribution in [2.45, 2.75) is 70.5 Å². The Morgan fingerprint density at radius 2 is 1.72 bits per heavy atom. The van der Waals surface area contributed by atoms with Gasteiger partial charge in [0.15, 0.2) is 6.61 Å². The Kier molecular flexibility index (Phi) is 10.9. The SMILES string of the molecule is CCc1ccc(OCC(=O)N(Cc2cccc(Cl)c2)[C@@H](Cc2ccccc2)C(=O)NC2CCCCC2)c(Br)c1. The molecule has 0 aliphatic heterocycles. The molecule has 2 amide bonds. The van der Waals surface area contributed by atoms with Crippen molar-refractivity contribution < 1.29 is 14.3 Å². The van der Waals surface area contributed by atoms with Crippen LogP contribution in [0.4, 0.5) is 0 Å². The van der Waals surface area contributed by atoms with Gasteiger partial charge < -0.3 is 15.0 Å². The van der Waals surface area contributed by atoms with Crippen molar-refractivity contribution in [2.24, 2.45) is 0 Å². The van der Waals surface area contributed by atoms with Gasteiger partial charge in [-0.25, -0.2) is 0 Å². The quantitative estimate of drug-likeness (QED) is 0.251. The van der Waals surface area contributed by atoms with Gasteiger partial charge >= 0.3 is 0 Å². The van der Waals surface area contributed by atoms with E-state index in [9.17, 15) is 9.59 Å². The average Bonchev–Trinajstić information content (AvgIpc) is 2.95. The van der Waals surface area contributed by atoms with Crippen molar-refractivity contribution >= 4 is 39.3 Å². The predicted molar refractivity (Wildman–Crippen MR) is 160 cm³/mol. The molecule has 4 rings (SSSR count). The molecule has 1 aliphatic carbocycles. The molecule has 0 bridgehead atoms. The highest BCUT2D eigenvalue weighted by Crippen LogP contribution is 2.27.